The van der Waals surface area contributed by atoms with E-state index in [4.69, 9.17) is 9.84 Å². The predicted octanol–water partition coefficient (Wildman–Crippen LogP) is 3.32. The first-order chi connectivity index (χ1) is 10.6. The molecule has 0 aliphatic carbocycles. The third-order valence-corrected chi connectivity index (χ3v) is 3.28. The fraction of sp³-hybridized carbons (Fsp3) is 0.235. The molecule has 0 saturated heterocycles. The fourth-order valence-corrected chi connectivity index (χ4v) is 2.26. The van der Waals surface area contributed by atoms with Crippen molar-refractivity contribution in [3.05, 3.63) is 59.9 Å². The van der Waals surface area contributed by atoms with Gasteiger partial charge in [0, 0.05) is 13.1 Å². The number of anilines is 1. The maximum Gasteiger partial charge on any atom is 0.305 e. The number of methoxy groups -OCH3 is 1. The van der Waals surface area contributed by atoms with Gasteiger partial charge in [0.15, 0.2) is 0 Å². The van der Waals surface area contributed by atoms with E-state index in [1.54, 1.807) is 13.2 Å². The molecule has 2 rings (SSSR count). The maximum atomic E-state index is 13.3. The van der Waals surface area contributed by atoms with Crippen LogP contribution in [0.25, 0.3) is 0 Å². The van der Waals surface area contributed by atoms with Crippen LogP contribution in [0.4, 0.5) is 10.1 Å². The summed E-state index contributed by atoms with van der Waals surface area (Å²) in [5.74, 6) is -0.529. The monoisotopic (exact) mass is 303 g/mol. The van der Waals surface area contributed by atoms with Crippen molar-refractivity contribution in [2.45, 2.75) is 13.0 Å². The van der Waals surface area contributed by atoms with Crippen LogP contribution in [-0.2, 0) is 11.3 Å². The zero-order valence-corrected chi connectivity index (χ0v) is 12.3. The number of carboxylic acids is 1. The maximum absolute atomic E-state index is 13.3. The molecule has 0 saturated carbocycles. The van der Waals surface area contributed by atoms with Crippen molar-refractivity contribution in [1.29, 1.82) is 0 Å². The summed E-state index contributed by atoms with van der Waals surface area (Å²) in [6.07, 6.45) is -0.00658. The average molecular weight is 303 g/mol. The Bertz CT molecular complexity index is 645. The van der Waals surface area contributed by atoms with Crippen molar-refractivity contribution in [3.63, 3.8) is 0 Å². The molecule has 2 aromatic carbocycles. The van der Waals surface area contributed by atoms with Gasteiger partial charge in [-0.05, 0) is 29.8 Å². The van der Waals surface area contributed by atoms with E-state index >= 15 is 0 Å². The molecular formula is C17H18FNO3. The van der Waals surface area contributed by atoms with Crippen molar-refractivity contribution in [3.8, 4) is 5.75 Å². The van der Waals surface area contributed by atoms with Gasteiger partial charge in [-0.2, -0.15) is 0 Å². The zero-order valence-electron chi connectivity index (χ0n) is 12.3. The molecule has 0 atom stereocenters. The van der Waals surface area contributed by atoms with Gasteiger partial charge >= 0.3 is 5.97 Å². The van der Waals surface area contributed by atoms with Crippen LogP contribution in [0.3, 0.4) is 0 Å². The molecular weight excluding hydrogens is 285 g/mol. The highest BCUT2D eigenvalue weighted by Gasteiger charge is 2.14. The molecule has 0 fully saturated rings. The Labute approximate surface area is 128 Å². The summed E-state index contributed by atoms with van der Waals surface area (Å²) in [5, 5.41) is 8.93. The number of ether oxygens (including phenoxy) is 1. The van der Waals surface area contributed by atoms with Gasteiger partial charge in [-0.15, -0.1) is 0 Å². The second-order valence-corrected chi connectivity index (χ2v) is 4.87. The van der Waals surface area contributed by atoms with E-state index < -0.39 is 5.97 Å². The summed E-state index contributed by atoms with van der Waals surface area (Å²) in [6, 6.07) is 13.7. The molecule has 0 aromatic heterocycles. The first-order valence-electron chi connectivity index (χ1n) is 6.94. The lowest BCUT2D eigenvalue weighted by atomic mass is 10.1. The summed E-state index contributed by atoms with van der Waals surface area (Å²) in [5.41, 5.74) is 1.56. The molecule has 0 aliphatic heterocycles. The van der Waals surface area contributed by atoms with E-state index in [9.17, 15) is 9.18 Å². The molecule has 0 spiro atoms. The number of benzene rings is 2. The van der Waals surface area contributed by atoms with E-state index in [-0.39, 0.29) is 12.2 Å². The number of aliphatic carboxylic acids is 1. The van der Waals surface area contributed by atoms with Crippen molar-refractivity contribution < 1.29 is 19.0 Å². The van der Waals surface area contributed by atoms with Crippen LogP contribution >= 0.6 is 0 Å². The third-order valence-electron chi connectivity index (χ3n) is 3.28. The smallest absolute Gasteiger partial charge is 0.305 e. The molecule has 1 N–H and O–H groups in total. The minimum absolute atomic E-state index is 0.00658. The lowest BCUT2D eigenvalue weighted by Gasteiger charge is -2.26. The Balaban J connectivity index is 2.27. The quantitative estimate of drug-likeness (QED) is 0.852. The second kappa shape index (κ2) is 7.45. The highest BCUT2D eigenvalue weighted by Crippen LogP contribution is 2.29. The summed E-state index contributed by atoms with van der Waals surface area (Å²) >= 11 is 0. The van der Waals surface area contributed by atoms with Crippen LogP contribution in [-0.4, -0.2) is 24.7 Å². The molecule has 116 valence electrons. The Morgan fingerprint density at radius 2 is 2.00 bits per heavy atom. The van der Waals surface area contributed by atoms with Crippen molar-refractivity contribution in [1.82, 2.24) is 0 Å². The largest absolute Gasteiger partial charge is 0.495 e. The molecule has 0 bridgehead atoms. The number of para-hydroxylation sites is 2. The van der Waals surface area contributed by atoms with Gasteiger partial charge in [-0.1, -0.05) is 24.3 Å². The first-order valence-corrected chi connectivity index (χ1v) is 6.94. The molecule has 0 heterocycles. The molecule has 0 unspecified atom stereocenters. The number of carboxylic acid groups (broad SMARTS) is 1. The molecule has 5 heteroatoms. The standard InChI is InChI=1S/C17H18FNO3/c1-22-16-8-3-2-7-15(16)19(10-9-17(20)21)12-13-5-4-6-14(18)11-13/h2-8,11H,9-10,12H2,1H3,(H,20,21). The van der Waals surface area contributed by atoms with E-state index in [2.05, 4.69) is 0 Å². The van der Waals surface area contributed by atoms with E-state index in [0.29, 0.717) is 18.8 Å². The molecule has 2 aromatic rings. The molecule has 4 nitrogen and oxygen atoms in total. The summed E-state index contributed by atoms with van der Waals surface area (Å²) in [6.45, 7) is 0.720. The minimum Gasteiger partial charge on any atom is -0.495 e. The van der Waals surface area contributed by atoms with Gasteiger partial charge in [-0.3, -0.25) is 4.79 Å². The second-order valence-electron chi connectivity index (χ2n) is 4.87. The number of rotatable bonds is 7. The van der Waals surface area contributed by atoms with Crippen LogP contribution in [0, 0.1) is 5.82 Å². The SMILES string of the molecule is COc1ccccc1N(CCC(=O)O)Cc1cccc(F)c1. The number of nitrogens with zero attached hydrogens (tertiary/aromatic N) is 1. The lowest BCUT2D eigenvalue weighted by molar-refractivity contribution is -0.136. The normalized spacial score (nSPS) is 10.3. The Morgan fingerprint density at radius 3 is 2.68 bits per heavy atom. The van der Waals surface area contributed by atoms with Crippen LogP contribution in [0.2, 0.25) is 0 Å². The van der Waals surface area contributed by atoms with Crippen molar-refractivity contribution in [2.24, 2.45) is 0 Å². The van der Waals surface area contributed by atoms with Gasteiger partial charge in [0.05, 0.1) is 19.2 Å². The molecule has 0 amide bonds. The highest BCUT2D eigenvalue weighted by molar-refractivity contribution is 5.68. The number of halogens is 1. The van der Waals surface area contributed by atoms with E-state index in [0.717, 1.165) is 11.3 Å². The van der Waals surface area contributed by atoms with Gasteiger partial charge in [0.25, 0.3) is 0 Å². The van der Waals surface area contributed by atoms with Crippen molar-refractivity contribution >= 4 is 11.7 Å². The first kappa shape index (κ1) is 15.8. The Hall–Kier alpha value is -2.56. The fourth-order valence-electron chi connectivity index (χ4n) is 2.26. The number of carbonyl (C=O) groups is 1. The zero-order chi connectivity index (χ0) is 15.9. The molecule has 0 aliphatic rings. The predicted molar refractivity (Wildman–Crippen MR) is 82.7 cm³/mol. The van der Waals surface area contributed by atoms with Crippen LogP contribution < -0.4 is 9.64 Å². The van der Waals surface area contributed by atoms with Gasteiger partial charge in [0.2, 0.25) is 0 Å². The molecule has 22 heavy (non-hydrogen) atoms. The van der Waals surface area contributed by atoms with Crippen LogP contribution in [0.15, 0.2) is 48.5 Å². The Morgan fingerprint density at radius 1 is 1.23 bits per heavy atom. The van der Waals surface area contributed by atoms with Gasteiger partial charge < -0.3 is 14.7 Å². The highest BCUT2D eigenvalue weighted by atomic mass is 19.1. The average Bonchev–Trinajstić information content (AvgIpc) is 2.51. The van der Waals surface area contributed by atoms with Gasteiger partial charge in [0.1, 0.15) is 11.6 Å². The number of hydrogen-bond donors (Lipinski definition) is 1. The summed E-state index contributed by atoms with van der Waals surface area (Å²) in [4.78, 5) is 12.8. The Kier molecular flexibility index (Phi) is 5.36. The molecule has 0 radical (unpaired) electrons. The summed E-state index contributed by atoms with van der Waals surface area (Å²) in [7, 11) is 1.57. The third kappa shape index (κ3) is 4.22. The minimum atomic E-state index is -0.876. The lowest BCUT2D eigenvalue weighted by Crippen LogP contribution is -2.26. The summed E-state index contributed by atoms with van der Waals surface area (Å²) < 4.78 is 18.7. The van der Waals surface area contributed by atoms with Crippen molar-refractivity contribution in [2.75, 3.05) is 18.6 Å². The van der Waals surface area contributed by atoms with E-state index in [1.807, 2.05) is 35.2 Å². The number of hydrogen-bond acceptors (Lipinski definition) is 3. The van der Waals surface area contributed by atoms with Crippen LogP contribution in [0.5, 0.6) is 5.75 Å². The van der Waals surface area contributed by atoms with E-state index in [1.165, 1.54) is 12.1 Å². The van der Waals surface area contributed by atoms with Gasteiger partial charge in [-0.25, -0.2) is 4.39 Å². The topological polar surface area (TPSA) is 49.8 Å². The van der Waals surface area contributed by atoms with Crippen LogP contribution in [0.1, 0.15) is 12.0 Å².